The van der Waals surface area contributed by atoms with Crippen LogP contribution >= 0.6 is 0 Å². The van der Waals surface area contributed by atoms with Gasteiger partial charge in [0.05, 0.1) is 12.2 Å². The Balaban J connectivity index is 1.61. The minimum atomic E-state index is -0.472. The maximum absolute atomic E-state index is 12.6. The summed E-state index contributed by atoms with van der Waals surface area (Å²) in [7, 11) is 0. The number of nitrogens with one attached hydrogen (secondary N) is 2. The summed E-state index contributed by atoms with van der Waals surface area (Å²) in [6.45, 7) is 3.07. The van der Waals surface area contributed by atoms with Crippen molar-refractivity contribution in [1.29, 1.82) is 0 Å². The lowest BCUT2D eigenvalue weighted by molar-refractivity contribution is -0.136. The number of amides is 3. The van der Waals surface area contributed by atoms with Gasteiger partial charge in [0.1, 0.15) is 6.04 Å². The van der Waals surface area contributed by atoms with Gasteiger partial charge in [-0.25, -0.2) is 4.79 Å². The van der Waals surface area contributed by atoms with Crippen molar-refractivity contribution in [3.63, 3.8) is 0 Å². The highest BCUT2D eigenvalue weighted by Crippen LogP contribution is 2.18. The second kappa shape index (κ2) is 6.62. The summed E-state index contributed by atoms with van der Waals surface area (Å²) in [6.07, 6.45) is 4.30. The molecular formula is C14H23N3O4. The van der Waals surface area contributed by atoms with E-state index in [-0.39, 0.29) is 24.1 Å². The van der Waals surface area contributed by atoms with Crippen LogP contribution in [0.3, 0.4) is 0 Å². The lowest BCUT2D eigenvalue weighted by atomic mass is 10.1. The molecule has 3 unspecified atom stereocenters. The number of ether oxygens (including phenoxy) is 2. The van der Waals surface area contributed by atoms with Crippen molar-refractivity contribution < 1.29 is 19.1 Å². The van der Waals surface area contributed by atoms with Gasteiger partial charge in [0.15, 0.2) is 0 Å². The van der Waals surface area contributed by atoms with E-state index in [1.54, 1.807) is 0 Å². The molecule has 0 aromatic heterocycles. The first-order chi connectivity index (χ1) is 10.2. The summed E-state index contributed by atoms with van der Waals surface area (Å²) in [4.78, 5) is 25.7. The van der Waals surface area contributed by atoms with Crippen LogP contribution < -0.4 is 10.6 Å². The summed E-state index contributed by atoms with van der Waals surface area (Å²) >= 11 is 0. The Kier molecular flexibility index (Phi) is 4.60. The fourth-order valence-corrected chi connectivity index (χ4v) is 3.15. The van der Waals surface area contributed by atoms with Crippen LogP contribution in [0.15, 0.2) is 0 Å². The molecule has 0 radical (unpaired) electrons. The largest absolute Gasteiger partial charge is 0.376 e. The van der Waals surface area contributed by atoms with Gasteiger partial charge in [-0.3, -0.25) is 4.79 Å². The van der Waals surface area contributed by atoms with E-state index < -0.39 is 6.04 Å². The molecule has 3 aliphatic rings. The average Bonchev–Trinajstić information content (AvgIpc) is 3.19. The Morgan fingerprint density at radius 2 is 1.76 bits per heavy atom. The molecule has 2 N–H and O–H groups in total. The molecule has 3 heterocycles. The van der Waals surface area contributed by atoms with Crippen LogP contribution in [0.25, 0.3) is 0 Å². The Hall–Kier alpha value is -1.34. The predicted octanol–water partition coefficient (Wildman–Crippen LogP) is -0.146. The van der Waals surface area contributed by atoms with Crippen LogP contribution in [0.4, 0.5) is 4.79 Å². The molecule has 3 saturated heterocycles. The van der Waals surface area contributed by atoms with Crippen molar-refractivity contribution >= 4 is 11.9 Å². The van der Waals surface area contributed by atoms with Gasteiger partial charge in [-0.1, -0.05) is 0 Å². The van der Waals surface area contributed by atoms with Crippen LogP contribution in [-0.2, 0) is 14.3 Å². The summed E-state index contributed by atoms with van der Waals surface area (Å²) in [5, 5.41) is 5.29. The Morgan fingerprint density at radius 3 is 2.19 bits per heavy atom. The van der Waals surface area contributed by atoms with Gasteiger partial charge < -0.3 is 25.0 Å². The molecule has 0 aromatic rings. The zero-order chi connectivity index (χ0) is 14.7. The van der Waals surface area contributed by atoms with E-state index in [2.05, 4.69) is 10.6 Å². The molecule has 0 bridgehead atoms. The topological polar surface area (TPSA) is 79.9 Å². The minimum absolute atomic E-state index is 0.0423. The molecule has 7 heteroatoms. The first-order valence-electron chi connectivity index (χ1n) is 7.79. The first-order valence-corrected chi connectivity index (χ1v) is 7.79. The number of hydrogen-bond donors (Lipinski definition) is 2. The second-order valence-corrected chi connectivity index (χ2v) is 5.92. The monoisotopic (exact) mass is 297 g/mol. The summed E-state index contributed by atoms with van der Waals surface area (Å²) in [5.41, 5.74) is 0. The van der Waals surface area contributed by atoms with Crippen LogP contribution in [0.1, 0.15) is 25.7 Å². The molecule has 3 atom stereocenters. The first kappa shape index (κ1) is 14.6. The summed E-state index contributed by atoms with van der Waals surface area (Å²) in [5.74, 6) is -0.0423. The van der Waals surface area contributed by atoms with E-state index >= 15 is 0 Å². The standard InChI is InChI=1S/C14H23N3O4/c18-13(12-7-15-14(19)16-12)17(8-10-3-1-5-20-10)9-11-4-2-6-21-11/h10-12H,1-9H2,(H2,15,16,19). The number of carbonyl (C=O) groups is 2. The summed E-state index contributed by atoms with van der Waals surface area (Å²) in [6, 6.07) is -0.747. The van der Waals surface area contributed by atoms with Gasteiger partial charge in [0.25, 0.3) is 0 Å². The van der Waals surface area contributed by atoms with E-state index in [9.17, 15) is 9.59 Å². The van der Waals surface area contributed by atoms with Gasteiger partial charge in [-0.05, 0) is 25.7 Å². The summed E-state index contributed by atoms with van der Waals surface area (Å²) < 4.78 is 11.3. The van der Waals surface area contributed by atoms with Crippen molar-refractivity contribution in [2.75, 3.05) is 32.8 Å². The maximum atomic E-state index is 12.6. The van der Waals surface area contributed by atoms with E-state index in [0.29, 0.717) is 19.6 Å². The molecule has 0 spiro atoms. The number of nitrogens with zero attached hydrogens (tertiary/aromatic N) is 1. The zero-order valence-electron chi connectivity index (χ0n) is 12.2. The third-order valence-electron chi connectivity index (χ3n) is 4.28. The third kappa shape index (κ3) is 3.65. The molecule has 3 fully saturated rings. The van der Waals surface area contributed by atoms with Crippen molar-refractivity contribution in [3.8, 4) is 0 Å². The van der Waals surface area contributed by atoms with Gasteiger partial charge in [-0.2, -0.15) is 0 Å². The van der Waals surface area contributed by atoms with Gasteiger partial charge in [0, 0.05) is 32.8 Å². The van der Waals surface area contributed by atoms with Gasteiger partial charge in [0.2, 0.25) is 5.91 Å². The second-order valence-electron chi connectivity index (χ2n) is 5.92. The predicted molar refractivity (Wildman–Crippen MR) is 74.9 cm³/mol. The maximum Gasteiger partial charge on any atom is 0.315 e. The lowest BCUT2D eigenvalue weighted by Gasteiger charge is -2.29. The molecule has 3 aliphatic heterocycles. The van der Waals surface area contributed by atoms with Gasteiger partial charge >= 0.3 is 6.03 Å². The van der Waals surface area contributed by atoms with E-state index in [4.69, 9.17) is 9.47 Å². The average molecular weight is 297 g/mol. The van der Waals surface area contributed by atoms with Crippen LogP contribution in [-0.4, -0.2) is 67.9 Å². The Labute approximate surface area is 124 Å². The highest BCUT2D eigenvalue weighted by molar-refractivity contribution is 5.90. The number of urea groups is 1. The van der Waals surface area contributed by atoms with Crippen LogP contribution in [0, 0.1) is 0 Å². The Bertz CT molecular complexity index is 374. The van der Waals surface area contributed by atoms with Crippen LogP contribution in [0.5, 0.6) is 0 Å². The lowest BCUT2D eigenvalue weighted by Crippen LogP contribution is -2.50. The molecule has 7 nitrogen and oxygen atoms in total. The minimum Gasteiger partial charge on any atom is -0.376 e. The van der Waals surface area contributed by atoms with E-state index in [1.807, 2.05) is 4.90 Å². The third-order valence-corrected chi connectivity index (χ3v) is 4.28. The normalized spacial score (nSPS) is 32.0. The van der Waals surface area contributed by atoms with Crippen molar-refractivity contribution in [2.24, 2.45) is 0 Å². The van der Waals surface area contributed by atoms with Gasteiger partial charge in [-0.15, -0.1) is 0 Å². The molecule has 3 rings (SSSR count). The highest BCUT2D eigenvalue weighted by Gasteiger charge is 2.34. The number of hydrogen-bond acceptors (Lipinski definition) is 4. The van der Waals surface area contributed by atoms with E-state index in [1.165, 1.54) is 0 Å². The molecule has 0 aliphatic carbocycles. The van der Waals surface area contributed by atoms with Crippen molar-refractivity contribution in [3.05, 3.63) is 0 Å². The molecular weight excluding hydrogens is 274 g/mol. The number of carbonyl (C=O) groups excluding carboxylic acids is 2. The van der Waals surface area contributed by atoms with Crippen molar-refractivity contribution in [1.82, 2.24) is 15.5 Å². The van der Waals surface area contributed by atoms with Crippen molar-refractivity contribution in [2.45, 2.75) is 43.9 Å². The fourth-order valence-electron chi connectivity index (χ4n) is 3.15. The fraction of sp³-hybridized carbons (Fsp3) is 0.857. The molecule has 0 saturated carbocycles. The molecule has 0 aromatic carbocycles. The van der Waals surface area contributed by atoms with Crippen LogP contribution in [0.2, 0.25) is 0 Å². The molecule has 21 heavy (non-hydrogen) atoms. The zero-order valence-corrected chi connectivity index (χ0v) is 12.2. The SMILES string of the molecule is O=C1NCC(C(=O)N(CC2CCCO2)CC2CCCO2)N1. The Morgan fingerprint density at radius 1 is 1.14 bits per heavy atom. The van der Waals surface area contributed by atoms with E-state index in [0.717, 1.165) is 38.9 Å². The smallest absolute Gasteiger partial charge is 0.315 e. The number of rotatable bonds is 5. The molecule has 3 amide bonds. The quantitative estimate of drug-likeness (QED) is 0.740. The molecule has 118 valence electrons. The highest BCUT2D eigenvalue weighted by atomic mass is 16.5.